The van der Waals surface area contributed by atoms with Gasteiger partial charge in [0, 0.05) is 6.42 Å². The molecule has 7 atom stereocenters. The van der Waals surface area contributed by atoms with Crippen LogP contribution in [0.25, 0.3) is 0 Å². The number of aliphatic hydroxyl groups is 5. The van der Waals surface area contributed by atoms with E-state index in [1.807, 2.05) is 0 Å². The molecule has 0 saturated carbocycles. The summed E-state index contributed by atoms with van der Waals surface area (Å²) < 4.78 is 11.4. The fourth-order valence-corrected chi connectivity index (χ4v) is 12.2. The van der Waals surface area contributed by atoms with Gasteiger partial charge in [-0.2, -0.15) is 0 Å². The molecule has 0 radical (unpaired) electrons. The minimum atomic E-state index is -1.56. The Balaban J connectivity index is 2.08. The highest BCUT2D eigenvalue weighted by Gasteiger charge is 2.44. The highest BCUT2D eigenvalue weighted by Crippen LogP contribution is 2.24. The van der Waals surface area contributed by atoms with Gasteiger partial charge in [0.1, 0.15) is 24.4 Å². The Morgan fingerprint density at radius 3 is 1.05 bits per heavy atom. The van der Waals surface area contributed by atoms with Gasteiger partial charge in [-0.15, -0.1) is 0 Å². The summed E-state index contributed by atoms with van der Waals surface area (Å²) in [4.78, 5) is 13.2. The van der Waals surface area contributed by atoms with Crippen molar-refractivity contribution in [2.75, 3.05) is 13.2 Å². The Morgan fingerprint density at radius 1 is 0.398 bits per heavy atom. The van der Waals surface area contributed by atoms with Crippen LogP contribution in [-0.4, -0.2) is 87.5 Å². The van der Waals surface area contributed by atoms with Crippen LogP contribution < -0.4 is 5.32 Å². The first-order valence-electron chi connectivity index (χ1n) is 38.1. The number of nitrogens with one attached hydrogen (secondary N) is 1. The first kappa shape index (κ1) is 83.6. The maximum atomic E-state index is 13.2. The second kappa shape index (κ2) is 67.5. The molecule has 1 saturated heterocycles. The molecule has 1 aliphatic rings. The third-order valence-electron chi connectivity index (χ3n) is 18.1. The molecule has 6 N–H and O–H groups in total. The topological polar surface area (TPSA) is 149 Å². The molecular weight excluding hydrogens is 1090 g/mol. The van der Waals surface area contributed by atoms with E-state index in [1.54, 1.807) is 0 Å². The van der Waals surface area contributed by atoms with Crippen molar-refractivity contribution >= 4 is 5.91 Å². The number of aliphatic hydroxyl groups excluding tert-OH is 5. The quantitative estimate of drug-likeness (QED) is 0.0261. The van der Waals surface area contributed by atoms with E-state index < -0.39 is 49.5 Å². The highest BCUT2D eigenvalue weighted by atomic mass is 16.7. The molecule has 514 valence electrons. The molecule has 7 unspecified atom stereocenters. The normalized spacial score (nSPS) is 18.3. The minimum absolute atomic E-state index is 0.137. The van der Waals surface area contributed by atoms with Crippen LogP contribution in [0.5, 0.6) is 0 Å². The molecule has 0 spiro atoms. The van der Waals surface area contributed by atoms with Gasteiger partial charge in [0.05, 0.1) is 25.4 Å². The molecule has 1 rings (SSSR count). The third-order valence-corrected chi connectivity index (χ3v) is 18.1. The van der Waals surface area contributed by atoms with E-state index in [0.29, 0.717) is 12.8 Å². The summed E-state index contributed by atoms with van der Waals surface area (Å²) in [5, 5.41) is 55.1. The molecule has 0 aromatic heterocycles. The standard InChI is InChI=1S/C79H145NO8/c1-3-5-7-9-11-13-15-17-19-21-23-25-27-29-31-33-35-36-37-38-39-41-43-45-47-49-51-53-55-57-59-61-63-65-67-69-75(83)80-72(71-87-79-78(86)77(85)76(84)74(70-81)88-79)73(82)68-66-64-62-60-58-56-54-52-50-48-46-44-42-40-34-32-30-28-26-24-22-20-18-16-14-12-10-8-6-4-2/h5,7,11,13,17,19,23,25,29,31,35-36,72-74,76-79,81-82,84-86H,3-4,6,8-10,12,14-16,18,20-22,24,26-28,30,32-34,37-71H2,1-2H3,(H,80,83)/b7-5-,13-11-,19-17-,25-23-,31-29-,36-35-. The molecule has 9 nitrogen and oxygen atoms in total. The van der Waals surface area contributed by atoms with Crippen LogP contribution in [-0.2, 0) is 14.3 Å². The lowest BCUT2D eigenvalue weighted by Crippen LogP contribution is -2.60. The van der Waals surface area contributed by atoms with E-state index in [4.69, 9.17) is 9.47 Å². The van der Waals surface area contributed by atoms with Gasteiger partial charge in [0.2, 0.25) is 5.91 Å². The zero-order valence-corrected chi connectivity index (χ0v) is 57.7. The van der Waals surface area contributed by atoms with E-state index in [0.717, 1.165) is 77.0 Å². The summed E-state index contributed by atoms with van der Waals surface area (Å²) in [5.41, 5.74) is 0. The maximum Gasteiger partial charge on any atom is 0.220 e. The highest BCUT2D eigenvalue weighted by molar-refractivity contribution is 5.76. The van der Waals surface area contributed by atoms with Crippen molar-refractivity contribution in [2.45, 2.75) is 410 Å². The predicted octanol–water partition coefficient (Wildman–Crippen LogP) is 21.5. The third kappa shape index (κ3) is 55.3. The number of hydrogen-bond acceptors (Lipinski definition) is 8. The second-order valence-electron chi connectivity index (χ2n) is 26.4. The van der Waals surface area contributed by atoms with E-state index in [-0.39, 0.29) is 12.5 Å². The molecule has 0 aliphatic carbocycles. The average Bonchev–Trinajstić information content (AvgIpc) is 3.65. The number of allylic oxidation sites excluding steroid dienone is 12. The van der Waals surface area contributed by atoms with E-state index in [2.05, 4.69) is 92.1 Å². The van der Waals surface area contributed by atoms with Crippen molar-refractivity contribution in [3.8, 4) is 0 Å². The molecule has 1 aliphatic heterocycles. The summed E-state index contributed by atoms with van der Waals surface area (Å²) in [7, 11) is 0. The number of rotatable bonds is 67. The van der Waals surface area contributed by atoms with Crippen molar-refractivity contribution < 1.29 is 39.8 Å². The minimum Gasteiger partial charge on any atom is -0.394 e. The van der Waals surface area contributed by atoms with E-state index >= 15 is 0 Å². The molecular formula is C79H145NO8. The number of carbonyl (C=O) groups is 1. The van der Waals surface area contributed by atoms with Crippen LogP contribution in [0.15, 0.2) is 72.9 Å². The molecule has 88 heavy (non-hydrogen) atoms. The Morgan fingerprint density at radius 2 is 0.705 bits per heavy atom. The van der Waals surface area contributed by atoms with Crippen molar-refractivity contribution in [2.24, 2.45) is 0 Å². The number of ether oxygens (including phenoxy) is 2. The number of amides is 1. The maximum absolute atomic E-state index is 13.2. The van der Waals surface area contributed by atoms with Gasteiger partial charge in [0.25, 0.3) is 0 Å². The van der Waals surface area contributed by atoms with Crippen molar-refractivity contribution in [1.82, 2.24) is 5.32 Å². The van der Waals surface area contributed by atoms with Gasteiger partial charge >= 0.3 is 0 Å². The lowest BCUT2D eigenvalue weighted by atomic mass is 9.99. The van der Waals surface area contributed by atoms with Gasteiger partial charge in [-0.25, -0.2) is 0 Å². The molecule has 9 heteroatoms. The summed E-state index contributed by atoms with van der Waals surface area (Å²) in [6.07, 6.45) is 88.5. The fourth-order valence-electron chi connectivity index (χ4n) is 12.2. The SMILES string of the molecule is CC/C=C\C/C=C\C/C=C\C/C=C\C/C=C\C/C=C\CCCCCCCCCCCCCCCCCCC(=O)NC(COC1OC(CO)C(O)C(O)C1O)C(O)CCCCCCCCCCCCCCCCCCCCCCCCCCCCCCCC. The first-order chi connectivity index (χ1) is 43.3. The van der Waals surface area contributed by atoms with Crippen LogP contribution in [0.4, 0.5) is 0 Å². The van der Waals surface area contributed by atoms with Crippen molar-refractivity contribution in [3.63, 3.8) is 0 Å². The van der Waals surface area contributed by atoms with Crippen LogP contribution in [0.1, 0.15) is 367 Å². The molecule has 0 aromatic carbocycles. The fraction of sp³-hybridized carbons (Fsp3) is 0.835. The van der Waals surface area contributed by atoms with Crippen LogP contribution in [0.3, 0.4) is 0 Å². The van der Waals surface area contributed by atoms with Gasteiger partial charge in [0.15, 0.2) is 6.29 Å². The van der Waals surface area contributed by atoms with Crippen LogP contribution in [0, 0.1) is 0 Å². The average molecular weight is 1240 g/mol. The van der Waals surface area contributed by atoms with Gasteiger partial charge in [-0.05, 0) is 64.2 Å². The molecule has 0 aromatic rings. The second-order valence-corrected chi connectivity index (χ2v) is 26.4. The zero-order valence-electron chi connectivity index (χ0n) is 57.7. The van der Waals surface area contributed by atoms with Crippen LogP contribution >= 0.6 is 0 Å². The Kier molecular flexibility index (Phi) is 64.2. The van der Waals surface area contributed by atoms with E-state index in [1.165, 1.54) is 263 Å². The molecule has 1 fully saturated rings. The van der Waals surface area contributed by atoms with Gasteiger partial charge in [-0.3, -0.25) is 4.79 Å². The number of carbonyl (C=O) groups excluding carboxylic acids is 1. The molecule has 1 amide bonds. The molecule has 1 heterocycles. The monoisotopic (exact) mass is 1240 g/mol. The Hall–Kier alpha value is -2.37. The lowest BCUT2D eigenvalue weighted by molar-refractivity contribution is -0.302. The largest absolute Gasteiger partial charge is 0.394 e. The summed E-state index contributed by atoms with van der Waals surface area (Å²) in [5.74, 6) is -0.140. The number of hydrogen-bond donors (Lipinski definition) is 6. The van der Waals surface area contributed by atoms with E-state index in [9.17, 15) is 30.3 Å². The van der Waals surface area contributed by atoms with Gasteiger partial charge in [-0.1, -0.05) is 369 Å². The van der Waals surface area contributed by atoms with Crippen molar-refractivity contribution in [3.05, 3.63) is 72.9 Å². The lowest BCUT2D eigenvalue weighted by Gasteiger charge is -2.40. The number of unbranched alkanes of at least 4 members (excludes halogenated alkanes) is 45. The van der Waals surface area contributed by atoms with Crippen LogP contribution in [0.2, 0.25) is 0 Å². The Labute approximate surface area is 544 Å². The summed E-state index contributed by atoms with van der Waals surface area (Å²) in [6.45, 7) is 3.77. The molecule has 0 bridgehead atoms. The smallest absolute Gasteiger partial charge is 0.220 e. The summed E-state index contributed by atoms with van der Waals surface area (Å²) >= 11 is 0. The zero-order chi connectivity index (χ0) is 63.5. The first-order valence-corrected chi connectivity index (χ1v) is 38.1. The van der Waals surface area contributed by atoms with Crippen molar-refractivity contribution in [1.29, 1.82) is 0 Å². The Bertz CT molecular complexity index is 1620. The van der Waals surface area contributed by atoms with Gasteiger partial charge < -0.3 is 40.3 Å². The summed E-state index contributed by atoms with van der Waals surface area (Å²) in [6, 6.07) is -0.723. The predicted molar refractivity (Wildman–Crippen MR) is 378 cm³/mol.